The van der Waals surface area contributed by atoms with Crippen molar-refractivity contribution in [1.82, 2.24) is 0 Å². The molecule has 51 heavy (non-hydrogen) atoms. The SMILES string of the molecule is CCCCC/C=C\C/C=C\CCCCCCCC(=O)O[C@H](COC(=O)CCCCCCCCC/C=C\CCCCCC)COP(=O)(O)OCCN. The van der Waals surface area contributed by atoms with Crippen molar-refractivity contribution in [2.24, 2.45) is 5.73 Å². The van der Waals surface area contributed by atoms with E-state index in [1.54, 1.807) is 0 Å². The number of esters is 2. The Morgan fingerprint density at radius 3 is 1.55 bits per heavy atom. The topological polar surface area (TPSA) is 134 Å². The Morgan fingerprint density at radius 1 is 0.588 bits per heavy atom. The van der Waals surface area contributed by atoms with E-state index in [0.717, 1.165) is 70.6 Å². The van der Waals surface area contributed by atoms with Crippen LogP contribution in [-0.4, -0.2) is 49.3 Å². The lowest BCUT2D eigenvalue weighted by Gasteiger charge is -2.19. The van der Waals surface area contributed by atoms with Gasteiger partial charge in [0.1, 0.15) is 6.61 Å². The molecule has 9 nitrogen and oxygen atoms in total. The first-order valence-corrected chi connectivity index (χ1v) is 22.0. The zero-order chi connectivity index (χ0) is 37.5. The predicted molar refractivity (Wildman–Crippen MR) is 210 cm³/mol. The minimum atomic E-state index is -4.38. The molecular weight excluding hydrogens is 665 g/mol. The van der Waals surface area contributed by atoms with Gasteiger partial charge in [-0.3, -0.25) is 18.6 Å². The standard InChI is InChI=1S/C41H76NO8P/c1-3-5-7-9-11-13-15-17-19-21-23-25-27-29-31-33-40(43)47-37-39(38-49-51(45,46)48-36-35-42)50-41(44)34-32-30-28-26-24-22-20-18-16-14-12-10-8-6-4-2/h12-15,18,20,39H,3-11,16-17,19,21-38,42H2,1-2H3,(H,45,46)/b14-12-,15-13-,20-18-/t39-/m1/s1. The number of ether oxygens (including phenoxy) is 2. The quantitative estimate of drug-likeness (QED) is 0.0274. The van der Waals surface area contributed by atoms with Crippen LogP contribution in [0.1, 0.15) is 181 Å². The van der Waals surface area contributed by atoms with Crippen molar-refractivity contribution in [1.29, 1.82) is 0 Å². The van der Waals surface area contributed by atoms with Crippen LogP contribution in [0.25, 0.3) is 0 Å². The summed E-state index contributed by atoms with van der Waals surface area (Å²) in [7, 11) is -4.38. The van der Waals surface area contributed by atoms with Gasteiger partial charge in [0.15, 0.2) is 6.10 Å². The van der Waals surface area contributed by atoms with Gasteiger partial charge >= 0.3 is 19.8 Å². The number of phosphoric acid groups is 1. The van der Waals surface area contributed by atoms with Crippen molar-refractivity contribution in [2.45, 2.75) is 187 Å². The first-order valence-electron chi connectivity index (χ1n) is 20.5. The fourth-order valence-electron chi connectivity index (χ4n) is 5.42. The van der Waals surface area contributed by atoms with Crippen molar-refractivity contribution in [3.8, 4) is 0 Å². The minimum absolute atomic E-state index is 0.0500. The number of unbranched alkanes of at least 4 members (excludes halogenated alkanes) is 19. The van der Waals surface area contributed by atoms with Crippen LogP contribution in [0.4, 0.5) is 0 Å². The molecule has 0 fully saturated rings. The number of hydrogen-bond donors (Lipinski definition) is 2. The van der Waals surface area contributed by atoms with Crippen LogP contribution >= 0.6 is 7.82 Å². The molecule has 0 aromatic carbocycles. The molecule has 2 atom stereocenters. The summed E-state index contributed by atoms with van der Waals surface area (Å²) in [5.41, 5.74) is 5.34. The van der Waals surface area contributed by atoms with Crippen LogP contribution in [0.15, 0.2) is 36.5 Å². The Labute approximate surface area is 312 Å². The zero-order valence-corrected chi connectivity index (χ0v) is 33.5. The van der Waals surface area contributed by atoms with Crippen molar-refractivity contribution in [3.63, 3.8) is 0 Å². The zero-order valence-electron chi connectivity index (χ0n) is 32.6. The highest BCUT2D eigenvalue weighted by Crippen LogP contribution is 2.43. The molecule has 0 aromatic rings. The van der Waals surface area contributed by atoms with E-state index in [2.05, 4.69) is 50.3 Å². The largest absolute Gasteiger partial charge is 0.472 e. The van der Waals surface area contributed by atoms with E-state index in [1.165, 1.54) is 77.0 Å². The smallest absolute Gasteiger partial charge is 0.462 e. The van der Waals surface area contributed by atoms with Crippen LogP contribution in [0.3, 0.4) is 0 Å². The van der Waals surface area contributed by atoms with Gasteiger partial charge in [0.25, 0.3) is 0 Å². The van der Waals surface area contributed by atoms with Crippen molar-refractivity contribution in [2.75, 3.05) is 26.4 Å². The third kappa shape index (κ3) is 37.8. The Balaban J connectivity index is 4.22. The third-order valence-electron chi connectivity index (χ3n) is 8.50. The Morgan fingerprint density at radius 2 is 1.02 bits per heavy atom. The van der Waals surface area contributed by atoms with Crippen molar-refractivity contribution in [3.05, 3.63) is 36.5 Å². The van der Waals surface area contributed by atoms with Crippen LogP contribution in [0.2, 0.25) is 0 Å². The van der Waals surface area contributed by atoms with E-state index in [9.17, 15) is 19.0 Å². The lowest BCUT2D eigenvalue weighted by molar-refractivity contribution is -0.161. The van der Waals surface area contributed by atoms with E-state index < -0.39 is 32.5 Å². The van der Waals surface area contributed by atoms with E-state index >= 15 is 0 Å². The molecule has 0 bridgehead atoms. The van der Waals surface area contributed by atoms with Crippen LogP contribution in [0, 0.1) is 0 Å². The fourth-order valence-corrected chi connectivity index (χ4v) is 6.19. The average Bonchev–Trinajstić information content (AvgIpc) is 3.11. The number of carbonyl (C=O) groups excluding carboxylic acids is 2. The lowest BCUT2D eigenvalue weighted by Crippen LogP contribution is -2.29. The number of allylic oxidation sites excluding steroid dienone is 6. The molecule has 1 unspecified atom stereocenters. The van der Waals surface area contributed by atoms with Crippen molar-refractivity contribution >= 4 is 19.8 Å². The maximum Gasteiger partial charge on any atom is 0.472 e. The summed E-state index contributed by atoms with van der Waals surface area (Å²) < 4.78 is 32.7. The van der Waals surface area contributed by atoms with Crippen LogP contribution in [0.5, 0.6) is 0 Å². The van der Waals surface area contributed by atoms with Gasteiger partial charge in [-0.05, 0) is 70.6 Å². The van der Waals surface area contributed by atoms with E-state index in [0.29, 0.717) is 6.42 Å². The summed E-state index contributed by atoms with van der Waals surface area (Å²) in [5.74, 6) is -0.850. The van der Waals surface area contributed by atoms with Gasteiger partial charge in [-0.1, -0.05) is 134 Å². The van der Waals surface area contributed by atoms with Crippen LogP contribution < -0.4 is 5.73 Å². The number of nitrogens with two attached hydrogens (primary N) is 1. The van der Waals surface area contributed by atoms with Gasteiger partial charge in [0, 0.05) is 19.4 Å². The second-order valence-corrected chi connectivity index (χ2v) is 14.9. The highest BCUT2D eigenvalue weighted by Gasteiger charge is 2.25. The molecule has 0 aliphatic carbocycles. The summed E-state index contributed by atoms with van der Waals surface area (Å²) in [4.78, 5) is 34.8. The van der Waals surface area contributed by atoms with Gasteiger partial charge in [-0.2, -0.15) is 0 Å². The van der Waals surface area contributed by atoms with Crippen LogP contribution in [-0.2, 0) is 32.7 Å². The molecule has 0 saturated carbocycles. The molecule has 0 saturated heterocycles. The summed E-state index contributed by atoms with van der Waals surface area (Å²) >= 11 is 0. The molecule has 0 aliphatic rings. The second-order valence-electron chi connectivity index (χ2n) is 13.5. The van der Waals surface area contributed by atoms with E-state index in [4.69, 9.17) is 24.3 Å². The van der Waals surface area contributed by atoms with Gasteiger partial charge in [-0.15, -0.1) is 0 Å². The monoisotopic (exact) mass is 742 g/mol. The predicted octanol–water partition coefficient (Wildman–Crippen LogP) is 11.4. The molecule has 3 N–H and O–H groups in total. The highest BCUT2D eigenvalue weighted by molar-refractivity contribution is 7.47. The fraction of sp³-hybridized carbons (Fsp3) is 0.805. The molecular formula is C41H76NO8P. The highest BCUT2D eigenvalue weighted by atomic mass is 31.2. The molecule has 0 rings (SSSR count). The minimum Gasteiger partial charge on any atom is -0.462 e. The Hall–Kier alpha value is -1.77. The van der Waals surface area contributed by atoms with E-state index in [1.807, 2.05) is 0 Å². The van der Waals surface area contributed by atoms with Gasteiger partial charge < -0.3 is 20.1 Å². The summed E-state index contributed by atoms with van der Waals surface area (Å²) in [6, 6.07) is 0. The summed E-state index contributed by atoms with van der Waals surface area (Å²) in [6.07, 6.45) is 40.2. The Bertz CT molecular complexity index is 939. The molecule has 0 aromatic heterocycles. The molecule has 0 spiro atoms. The van der Waals surface area contributed by atoms with Gasteiger partial charge in [0.2, 0.25) is 0 Å². The maximum absolute atomic E-state index is 12.5. The number of hydrogen-bond acceptors (Lipinski definition) is 8. The van der Waals surface area contributed by atoms with Gasteiger partial charge in [-0.25, -0.2) is 4.57 Å². The molecule has 0 aliphatic heterocycles. The first kappa shape index (κ1) is 49.2. The summed E-state index contributed by atoms with van der Waals surface area (Å²) in [6.45, 7) is 3.67. The average molecular weight is 742 g/mol. The number of rotatable bonds is 38. The number of phosphoric ester groups is 1. The Kier molecular flexibility index (Phi) is 36.7. The number of carbonyl (C=O) groups is 2. The maximum atomic E-state index is 12.5. The lowest BCUT2D eigenvalue weighted by atomic mass is 10.1. The first-order chi connectivity index (χ1) is 24.8. The summed E-state index contributed by atoms with van der Waals surface area (Å²) in [5, 5.41) is 0. The van der Waals surface area contributed by atoms with Gasteiger partial charge in [0.05, 0.1) is 13.2 Å². The molecule has 0 radical (unpaired) electrons. The molecule has 10 heteroatoms. The second kappa shape index (κ2) is 38.0. The third-order valence-corrected chi connectivity index (χ3v) is 9.48. The van der Waals surface area contributed by atoms with E-state index in [-0.39, 0.29) is 32.6 Å². The normalized spacial score (nSPS) is 13.7. The molecule has 0 amide bonds. The molecule has 298 valence electrons. The van der Waals surface area contributed by atoms with Crippen molar-refractivity contribution < 1.29 is 37.6 Å². The molecule has 0 heterocycles.